The summed E-state index contributed by atoms with van der Waals surface area (Å²) >= 11 is 12.4. The molecule has 1 aromatic carbocycles. The van der Waals surface area contributed by atoms with Gasteiger partial charge in [0.05, 0.1) is 17.8 Å². The van der Waals surface area contributed by atoms with Gasteiger partial charge in [0.25, 0.3) is 0 Å². The Morgan fingerprint density at radius 2 is 2.00 bits per heavy atom. The first-order valence-electron chi connectivity index (χ1n) is 6.73. The van der Waals surface area contributed by atoms with Crippen LogP contribution in [0.25, 0.3) is 0 Å². The molecule has 0 atom stereocenters. The molecular weight excluding hydrogens is 309 g/mol. The lowest BCUT2D eigenvalue weighted by Crippen LogP contribution is -2.03. The minimum Gasteiger partial charge on any atom is -0.497 e. The van der Waals surface area contributed by atoms with E-state index < -0.39 is 0 Å². The molecule has 0 unspecified atom stereocenters. The summed E-state index contributed by atoms with van der Waals surface area (Å²) in [6.45, 7) is 1.88. The summed E-state index contributed by atoms with van der Waals surface area (Å²) in [5.74, 6) is 2.64. The molecule has 6 heteroatoms. The molecule has 0 amide bonds. The van der Waals surface area contributed by atoms with Gasteiger partial charge in [-0.05, 0) is 31.9 Å². The maximum Gasteiger partial charge on any atom is 0.138 e. The lowest BCUT2D eigenvalue weighted by atomic mass is 10.2. The quantitative estimate of drug-likeness (QED) is 0.827. The van der Waals surface area contributed by atoms with E-state index in [4.69, 9.17) is 27.9 Å². The molecule has 0 saturated heterocycles. The van der Waals surface area contributed by atoms with Crippen molar-refractivity contribution in [2.75, 3.05) is 12.4 Å². The highest BCUT2D eigenvalue weighted by molar-refractivity contribution is 6.33. The van der Waals surface area contributed by atoms with Crippen LogP contribution in [0.15, 0.2) is 18.2 Å². The van der Waals surface area contributed by atoms with Crippen LogP contribution in [0.2, 0.25) is 10.2 Å². The summed E-state index contributed by atoms with van der Waals surface area (Å²) in [5, 5.41) is 4.31. The lowest BCUT2D eigenvalue weighted by molar-refractivity contribution is 0.415. The monoisotopic (exact) mass is 323 g/mol. The Morgan fingerprint density at radius 3 is 2.67 bits per heavy atom. The third kappa shape index (κ3) is 3.06. The van der Waals surface area contributed by atoms with Gasteiger partial charge >= 0.3 is 0 Å². The van der Waals surface area contributed by atoms with E-state index in [1.807, 2.05) is 19.1 Å². The Morgan fingerprint density at radius 1 is 1.24 bits per heavy atom. The first-order valence-corrected chi connectivity index (χ1v) is 7.48. The van der Waals surface area contributed by atoms with Gasteiger partial charge in [0.1, 0.15) is 22.5 Å². The van der Waals surface area contributed by atoms with Crippen molar-refractivity contribution in [2.24, 2.45) is 0 Å². The zero-order valence-electron chi connectivity index (χ0n) is 11.8. The van der Waals surface area contributed by atoms with E-state index in [0.717, 1.165) is 35.7 Å². The fraction of sp³-hybridized carbons (Fsp3) is 0.333. The highest BCUT2D eigenvalue weighted by Crippen LogP contribution is 2.40. The maximum atomic E-state index is 6.22. The first-order chi connectivity index (χ1) is 10.1. The van der Waals surface area contributed by atoms with E-state index in [2.05, 4.69) is 15.3 Å². The molecular formula is C15H15Cl2N3O. The third-order valence-electron chi connectivity index (χ3n) is 3.47. The number of rotatable bonds is 4. The molecule has 4 nitrogen and oxygen atoms in total. The maximum absolute atomic E-state index is 6.22. The smallest absolute Gasteiger partial charge is 0.138 e. The predicted molar refractivity (Wildman–Crippen MR) is 85.0 cm³/mol. The number of hydrogen-bond acceptors (Lipinski definition) is 4. The molecule has 110 valence electrons. The Bertz CT molecular complexity index is 687. The van der Waals surface area contributed by atoms with Crippen molar-refractivity contribution in [3.05, 3.63) is 39.8 Å². The van der Waals surface area contributed by atoms with Crippen LogP contribution in [0.3, 0.4) is 0 Å². The largest absolute Gasteiger partial charge is 0.497 e. The molecule has 1 N–H and O–H groups in total. The number of ether oxygens (including phenoxy) is 1. The van der Waals surface area contributed by atoms with Crippen LogP contribution in [0.5, 0.6) is 5.75 Å². The average Bonchev–Trinajstić information content (AvgIpc) is 3.30. The average molecular weight is 324 g/mol. The fourth-order valence-electron chi connectivity index (χ4n) is 2.01. The van der Waals surface area contributed by atoms with Crippen molar-refractivity contribution in [3.8, 4) is 5.75 Å². The van der Waals surface area contributed by atoms with Gasteiger partial charge < -0.3 is 10.1 Å². The van der Waals surface area contributed by atoms with E-state index in [0.29, 0.717) is 21.9 Å². The van der Waals surface area contributed by atoms with Crippen LogP contribution in [0, 0.1) is 6.92 Å². The SMILES string of the molecule is COc1ccc(Cl)c(Nc2nc(C3CC3)nc(Cl)c2C)c1. The Hall–Kier alpha value is -1.52. The normalized spacial score (nSPS) is 14.1. The van der Waals surface area contributed by atoms with Gasteiger partial charge in [-0.25, -0.2) is 9.97 Å². The van der Waals surface area contributed by atoms with Gasteiger partial charge in [0.2, 0.25) is 0 Å². The molecule has 1 aliphatic carbocycles. The summed E-state index contributed by atoms with van der Waals surface area (Å²) in [6.07, 6.45) is 2.25. The Labute approximate surface area is 133 Å². The van der Waals surface area contributed by atoms with Crippen molar-refractivity contribution in [1.29, 1.82) is 0 Å². The van der Waals surface area contributed by atoms with Crippen molar-refractivity contribution in [1.82, 2.24) is 9.97 Å². The second kappa shape index (κ2) is 5.70. The standard InChI is InChI=1S/C15H15Cl2N3O/c1-8-13(17)19-15(9-3-4-9)20-14(8)18-12-7-10(21-2)5-6-11(12)16/h5-7,9H,3-4H2,1-2H3,(H,18,19,20). The molecule has 1 saturated carbocycles. The summed E-state index contributed by atoms with van der Waals surface area (Å²) < 4.78 is 5.22. The summed E-state index contributed by atoms with van der Waals surface area (Å²) in [5.41, 5.74) is 1.54. The van der Waals surface area contributed by atoms with Gasteiger partial charge in [-0.1, -0.05) is 23.2 Å². The first kappa shape index (κ1) is 14.4. The predicted octanol–water partition coefficient (Wildman–Crippen LogP) is 4.72. The van der Waals surface area contributed by atoms with Crippen LogP contribution in [0.4, 0.5) is 11.5 Å². The topological polar surface area (TPSA) is 47.0 Å². The summed E-state index contributed by atoms with van der Waals surface area (Å²) in [4.78, 5) is 8.93. The molecule has 3 rings (SSSR count). The molecule has 1 aliphatic rings. The number of aromatic nitrogens is 2. The van der Waals surface area contributed by atoms with Crippen LogP contribution >= 0.6 is 23.2 Å². The number of methoxy groups -OCH3 is 1. The van der Waals surface area contributed by atoms with Crippen molar-refractivity contribution >= 4 is 34.7 Å². The number of halogens is 2. The van der Waals surface area contributed by atoms with Gasteiger partial charge in [-0.3, -0.25) is 0 Å². The molecule has 2 aromatic rings. The van der Waals surface area contributed by atoms with E-state index in [9.17, 15) is 0 Å². The number of benzene rings is 1. The minimum absolute atomic E-state index is 0.435. The van der Waals surface area contributed by atoms with Gasteiger partial charge in [0, 0.05) is 17.5 Å². The lowest BCUT2D eigenvalue weighted by Gasteiger charge is -2.13. The molecule has 1 heterocycles. The van der Waals surface area contributed by atoms with Crippen LogP contribution < -0.4 is 10.1 Å². The van der Waals surface area contributed by atoms with Gasteiger partial charge in [-0.15, -0.1) is 0 Å². The highest BCUT2D eigenvalue weighted by atomic mass is 35.5. The molecule has 0 bridgehead atoms. The van der Waals surface area contributed by atoms with E-state index in [-0.39, 0.29) is 0 Å². The Balaban J connectivity index is 1.97. The van der Waals surface area contributed by atoms with Gasteiger partial charge in [0.15, 0.2) is 0 Å². The molecule has 1 aromatic heterocycles. The number of nitrogens with zero attached hydrogens (tertiary/aromatic N) is 2. The highest BCUT2D eigenvalue weighted by Gasteiger charge is 2.28. The molecule has 21 heavy (non-hydrogen) atoms. The van der Waals surface area contributed by atoms with Crippen LogP contribution in [-0.4, -0.2) is 17.1 Å². The number of nitrogens with one attached hydrogen (secondary N) is 1. The van der Waals surface area contributed by atoms with E-state index >= 15 is 0 Å². The fourth-order valence-corrected chi connectivity index (χ4v) is 2.35. The number of hydrogen-bond donors (Lipinski definition) is 1. The molecule has 1 fully saturated rings. The Kier molecular flexibility index (Phi) is 3.91. The third-order valence-corrected chi connectivity index (χ3v) is 4.17. The second-order valence-electron chi connectivity index (χ2n) is 5.09. The van der Waals surface area contributed by atoms with E-state index in [1.54, 1.807) is 13.2 Å². The van der Waals surface area contributed by atoms with E-state index in [1.165, 1.54) is 0 Å². The summed E-state index contributed by atoms with van der Waals surface area (Å²) in [7, 11) is 1.62. The van der Waals surface area contributed by atoms with Crippen LogP contribution in [-0.2, 0) is 0 Å². The van der Waals surface area contributed by atoms with Crippen molar-refractivity contribution in [2.45, 2.75) is 25.7 Å². The van der Waals surface area contributed by atoms with Crippen LogP contribution in [0.1, 0.15) is 30.1 Å². The summed E-state index contributed by atoms with van der Waals surface area (Å²) in [6, 6.07) is 5.42. The molecule has 0 aliphatic heterocycles. The van der Waals surface area contributed by atoms with Crippen molar-refractivity contribution in [3.63, 3.8) is 0 Å². The minimum atomic E-state index is 0.435. The molecule has 0 radical (unpaired) electrons. The van der Waals surface area contributed by atoms with Crippen molar-refractivity contribution < 1.29 is 4.74 Å². The van der Waals surface area contributed by atoms with Gasteiger partial charge in [-0.2, -0.15) is 0 Å². The molecule has 0 spiro atoms. The second-order valence-corrected chi connectivity index (χ2v) is 5.86. The zero-order chi connectivity index (χ0) is 15.0. The number of anilines is 2. The zero-order valence-corrected chi connectivity index (χ0v) is 13.3.